The summed E-state index contributed by atoms with van der Waals surface area (Å²) in [6, 6.07) is -1.06. The second-order valence-corrected chi connectivity index (χ2v) is 11.4. The van der Waals surface area contributed by atoms with Crippen molar-refractivity contribution in [3.8, 4) is 5.75 Å². The summed E-state index contributed by atoms with van der Waals surface area (Å²) < 4.78 is 31.6. The Labute approximate surface area is 233 Å². The molecule has 0 saturated heterocycles. The summed E-state index contributed by atoms with van der Waals surface area (Å²) in [5.41, 5.74) is 7.89. The van der Waals surface area contributed by atoms with Gasteiger partial charge in [0.05, 0.1) is 28.0 Å². The first-order valence-corrected chi connectivity index (χ1v) is 13.3. The van der Waals surface area contributed by atoms with Gasteiger partial charge in [-0.25, -0.2) is 0 Å². The molecule has 0 spiro atoms. The number of nitrogen functional groups attached to an aromatic ring is 1. The number of aliphatic hydroxyl groups is 3. The highest BCUT2D eigenvalue weighted by Crippen LogP contribution is 2.55. The van der Waals surface area contributed by atoms with Crippen molar-refractivity contribution in [3.05, 3.63) is 38.8 Å². The number of allylic oxidation sites excluding steroid dienone is 1. The van der Waals surface area contributed by atoms with E-state index in [0.29, 0.717) is 11.3 Å². The molecule has 1 amide bonds. The number of rotatable bonds is 3. The zero-order valence-electron chi connectivity index (χ0n) is 21.7. The van der Waals surface area contributed by atoms with Crippen LogP contribution in [-0.4, -0.2) is 100 Å². The number of ketones is 2. The number of phenolic OH excluding ortho intramolecular Hbond substituents is 1. The van der Waals surface area contributed by atoms with Crippen molar-refractivity contribution in [1.29, 1.82) is 0 Å². The summed E-state index contributed by atoms with van der Waals surface area (Å²) in [6.07, 6.45) is 0.108. The molecule has 0 aromatic heterocycles. The van der Waals surface area contributed by atoms with Gasteiger partial charge in [0.1, 0.15) is 17.1 Å². The van der Waals surface area contributed by atoms with E-state index in [2.05, 4.69) is 0 Å². The first-order valence-electron chi connectivity index (χ1n) is 11.5. The number of nitrogens with two attached hydrogens (primary N) is 2. The van der Waals surface area contributed by atoms with Crippen LogP contribution in [0.5, 0.6) is 5.75 Å². The van der Waals surface area contributed by atoms with Crippen molar-refractivity contribution in [1.82, 2.24) is 4.90 Å². The molecule has 0 saturated carbocycles. The minimum absolute atomic E-state index is 0.0125. The van der Waals surface area contributed by atoms with E-state index in [1.54, 1.807) is 33.1 Å². The van der Waals surface area contributed by atoms with Gasteiger partial charge in [-0.3, -0.25) is 28.4 Å². The van der Waals surface area contributed by atoms with Gasteiger partial charge in [-0.1, -0.05) is 11.6 Å². The van der Waals surface area contributed by atoms with Gasteiger partial charge in [-0.2, -0.15) is 8.42 Å². The van der Waals surface area contributed by atoms with Crippen LogP contribution in [0.4, 0.5) is 11.4 Å². The van der Waals surface area contributed by atoms with E-state index in [4.69, 9.17) is 40.6 Å². The molecule has 17 heteroatoms. The molecule has 4 rings (SSSR count). The quantitative estimate of drug-likeness (QED) is 0.0958. The van der Waals surface area contributed by atoms with Gasteiger partial charge in [-0.05, 0) is 38.4 Å². The standard InChI is InChI=1S/C23H27ClN4O7.H2O4S/c1-27(2)15-8-5-7-6-9-16(28(3)4)19(31)12(22(26)34)21(33)23(9,35)20(32)10(7)17(29)11(8)18(30)14(25)13(15)24;1-5(2,3)4/h7,9,16,30-32,35H,5-6,25H2,1-4H3,(H2,26,34);(H2,1,2,3,4). The number of primary amides is 1. The van der Waals surface area contributed by atoms with Gasteiger partial charge >= 0.3 is 10.4 Å². The zero-order valence-corrected chi connectivity index (χ0v) is 23.3. The van der Waals surface area contributed by atoms with Gasteiger partial charge < -0.3 is 36.8 Å². The van der Waals surface area contributed by atoms with E-state index < -0.39 is 74.2 Å². The molecule has 0 heterocycles. The third-order valence-corrected chi connectivity index (χ3v) is 7.67. The molecular weight excluding hydrogens is 576 g/mol. The first-order chi connectivity index (χ1) is 18.2. The number of aliphatic hydroxyl groups excluding tert-OH is 2. The molecule has 0 bridgehead atoms. The van der Waals surface area contributed by atoms with Gasteiger partial charge in [0, 0.05) is 25.6 Å². The van der Waals surface area contributed by atoms with Gasteiger partial charge in [0.25, 0.3) is 5.91 Å². The minimum Gasteiger partial charge on any atom is -0.510 e. The van der Waals surface area contributed by atoms with Gasteiger partial charge in [0.15, 0.2) is 17.1 Å². The Morgan fingerprint density at radius 3 is 2.08 bits per heavy atom. The smallest absolute Gasteiger partial charge is 0.394 e. The number of hydrogen-bond donors (Lipinski definition) is 8. The van der Waals surface area contributed by atoms with Crippen molar-refractivity contribution < 1.29 is 52.3 Å². The Balaban J connectivity index is 0.000000810. The second-order valence-electron chi connectivity index (χ2n) is 10.1. The Kier molecular flexibility index (Phi) is 7.94. The predicted molar refractivity (Wildman–Crippen MR) is 142 cm³/mol. The largest absolute Gasteiger partial charge is 0.510 e. The number of amides is 1. The number of nitrogens with zero attached hydrogens (tertiary/aromatic N) is 2. The molecule has 0 fully saturated rings. The van der Waals surface area contributed by atoms with Crippen LogP contribution in [0.15, 0.2) is 22.7 Å². The lowest BCUT2D eigenvalue weighted by atomic mass is 9.58. The number of Topliss-reactive ketones (excluding diaryl/α,β-unsaturated/α-hetero) is 2. The molecule has 3 aliphatic carbocycles. The minimum atomic E-state index is -4.67. The molecule has 40 heavy (non-hydrogen) atoms. The maximum atomic E-state index is 13.7. The maximum Gasteiger partial charge on any atom is 0.394 e. The van der Waals surface area contributed by atoms with E-state index >= 15 is 0 Å². The molecule has 220 valence electrons. The van der Waals surface area contributed by atoms with Gasteiger partial charge in [0.2, 0.25) is 5.78 Å². The second kappa shape index (κ2) is 10.2. The third-order valence-electron chi connectivity index (χ3n) is 7.29. The molecule has 0 radical (unpaired) electrons. The predicted octanol–water partition coefficient (Wildman–Crippen LogP) is -0.231. The fraction of sp³-hybridized carbons (Fsp3) is 0.435. The highest BCUT2D eigenvalue weighted by atomic mass is 35.5. The van der Waals surface area contributed by atoms with Crippen LogP contribution in [0, 0.1) is 11.8 Å². The fourth-order valence-corrected chi connectivity index (χ4v) is 6.19. The molecule has 1 aromatic rings. The van der Waals surface area contributed by atoms with Crippen LogP contribution < -0.4 is 16.4 Å². The number of aromatic hydroxyl groups is 1. The Bertz CT molecular complexity index is 1490. The van der Waals surface area contributed by atoms with E-state index in [-0.39, 0.29) is 34.7 Å². The average Bonchev–Trinajstić information content (AvgIpc) is 2.78. The molecule has 15 nitrogen and oxygen atoms in total. The number of carbonyl (C=O) groups excluding carboxylic acids is 3. The maximum absolute atomic E-state index is 13.7. The van der Waals surface area contributed by atoms with Crippen molar-refractivity contribution in [2.24, 2.45) is 17.6 Å². The van der Waals surface area contributed by atoms with Crippen molar-refractivity contribution >= 4 is 50.8 Å². The van der Waals surface area contributed by atoms with E-state index in [1.165, 1.54) is 4.90 Å². The lowest BCUT2D eigenvalue weighted by Gasteiger charge is -2.50. The van der Waals surface area contributed by atoms with E-state index in [9.17, 15) is 34.8 Å². The zero-order chi connectivity index (χ0) is 30.8. The lowest BCUT2D eigenvalue weighted by molar-refractivity contribution is -0.148. The molecular formula is C23H29ClN4O11S. The number of likely N-dealkylation sites (N-methyl/N-ethyl adjacent to an activating group) is 1. The summed E-state index contributed by atoms with van der Waals surface area (Å²) in [4.78, 5) is 42.1. The third kappa shape index (κ3) is 4.76. The Hall–Kier alpha value is -3.41. The normalized spacial score (nSPS) is 26.1. The number of carbonyl (C=O) groups is 3. The highest BCUT2D eigenvalue weighted by Gasteiger charge is 2.63. The van der Waals surface area contributed by atoms with Crippen LogP contribution in [0.25, 0.3) is 0 Å². The fourth-order valence-electron chi connectivity index (χ4n) is 5.82. The van der Waals surface area contributed by atoms with Crippen molar-refractivity contribution in [2.45, 2.75) is 24.5 Å². The summed E-state index contributed by atoms with van der Waals surface area (Å²) >= 11 is 6.39. The summed E-state index contributed by atoms with van der Waals surface area (Å²) in [6.45, 7) is 0. The van der Waals surface area contributed by atoms with Crippen LogP contribution in [0.2, 0.25) is 5.02 Å². The van der Waals surface area contributed by atoms with Crippen LogP contribution in [0.3, 0.4) is 0 Å². The summed E-state index contributed by atoms with van der Waals surface area (Å²) in [5, 5.41) is 44.4. The number of halogens is 1. The molecule has 4 atom stereocenters. The number of fused-ring (bicyclic) bond motifs is 3. The van der Waals surface area contributed by atoms with Crippen molar-refractivity contribution in [2.75, 3.05) is 38.8 Å². The molecule has 1 aromatic carbocycles. The molecule has 0 aliphatic heterocycles. The molecule has 10 N–H and O–H groups in total. The van der Waals surface area contributed by atoms with Gasteiger partial charge in [-0.15, -0.1) is 0 Å². The Morgan fingerprint density at radius 2 is 1.62 bits per heavy atom. The van der Waals surface area contributed by atoms with E-state index in [1.807, 2.05) is 0 Å². The summed E-state index contributed by atoms with van der Waals surface area (Å²) in [7, 11) is 1.86. The topological polar surface area (TPSA) is 265 Å². The highest BCUT2D eigenvalue weighted by molar-refractivity contribution is 7.79. The summed E-state index contributed by atoms with van der Waals surface area (Å²) in [5.74, 6) is -7.31. The SMILES string of the molecule is CN(C)c1c(Cl)c(N)c(O)c2c1CC1CC3C(N(C)C)C(O)=C(C(N)=O)C(=O)C3(O)C(O)=C1C2=O.O=S(=O)(O)O. The number of phenols is 1. The van der Waals surface area contributed by atoms with Crippen LogP contribution >= 0.6 is 11.6 Å². The first kappa shape index (κ1) is 31.1. The van der Waals surface area contributed by atoms with Crippen LogP contribution in [-0.2, 0) is 26.4 Å². The Morgan fingerprint density at radius 1 is 1.10 bits per heavy atom. The lowest BCUT2D eigenvalue weighted by Crippen LogP contribution is -2.63. The van der Waals surface area contributed by atoms with Crippen molar-refractivity contribution in [3.63, 3.8) is 0 Å². The van der Waals surface area contributed by atoms with E-state index in [0.717, 1.165) is 0 Å². The number of benzene rings is 1. The molecule has 4 unspecified atom stereocenters. The average molecular weight is 605 g/mol. The molecule has 3 aliphatic rings. The van der Waals surface area contributed by atoms with Crippen LogP contribution in [0.1, 0.15) is 22.3 Å². The monoisotopic (exact) mass is 604 g/mol. The number of hydrogen-bond acceptors (Lipinski definition) is 12. The number of anilines is 2.